The summed E-state index contributed by atoms with van der Waals surface area (Å²) in [4.78, 5) is 18.6. The van der Waals surface area contributed by atoms with Gasteiger partial charge in [-0.15, -0.1) is 0 Å². The zero-order valence-corrected chi connectivity index (χ0v) is 6.69. The summed E-state index contributed by atoms with van der Waals surface area (Å²) in [5.74, 6) is 0.148. The van der Waals surface area contributed by atoms with Gasteiger partial charge in [-0.2, -0.15) is 0 Å². The van der Waals surface area contributed by atoms with E-state index in [-0.39, 0.29) is 5.91 Å². The highest BCUT2D eigenvalue weighted by molar-refractivity contribution is 5.93. The molecule has 0 aliphatic rings. The summed E-state index contributed by atoms with van der Waals surface area (Å²) in [5, 5.41) is 2.50. The molecule has 0 spiro atoms. The Bertz CT molecular complexity index is 259. The molecule has 5 heteroatoms. The molecule has 1 atom stereocenters. The first-order valence-corrected chi connectivity index (χ1v) is 3.52. The lowest BCUT2D eigenvalue weighted by Gasteiger charge is -2.04. The quantitative estimate of drug-likeness (QED) is 0.635. The van der Waals surface area contributed by atoms with Crippen LogP contribution in [0.4, 0.5) is 5.82 Å². The molecule has 0 saturated heterocycles. The molecule has 1 heterocycles. The lowest BCUT2D eigenvalue weighted by molar-refractivity contribution is -0.117. The Morgan fingerprint density at radius 2 is 2.42 bits per heavy atom. The lowest BCUT2D eigenvalue weighted by Crippen LogP contribution is -2.32. The van der Waals surface area contributed by atoms with Crippen molar-refractivity contribution in [1.82, 2.24) is 9.97 Å². The average molecular weight is 166 g/mol. The summed E-state index contributed by atoms with van der Waals surface area (Å²) in [6.07, 6.45) is 4.48. The molecule has 0 fully saturated rings. The zero-order valence-electron chi connectivity index (χ0n) is 6.69. The van der Waals surface area contributed by atoms with Gasteiger partial charge in [0, 0.05) is 12.4 Å². The zero-order chi connectivity index (χ0) is 8.97. The Kier molecular flexibility index (Phi) is 2.71. The number of aromatic nitrogens is 2. The molecular weight excluding hydrogens is 156 g/mol. The van der Waals surface area contributed by atoms with Gasteiger partial charge >= 0.3 is 0 Å². The highest BCUT2D eigenvalue weighted by Gasteiger charge is 2.06. The number of carbonyl (C=O) groups excluding carboxylic acids is 1. The van der Waals surface area contributed by atoms with E-state index in [2.05, 4.69) is 15.3 Å². The van der Waals surface area contributed by atoms with Crippen LogP contribution >= 0.6 is 0 Å². The number of amides is 1. The van der Waals surface area contributed by atoms with Crippen molar-refractivity contribution in [2.45, 2.75) is 13.0 Å². The molecule has 64 valence electrons. The normalized spacial score (nSPS) is 12.2. The highest BCUT2D eigenvalue weighted by atomic mass is 16.2. The molecule has 0 saturated carbocycles. The topological polar surface area (TPSA) is 80.9 Å². The van der Waals surface area contributed by atoms with Crippen LogP contribution in [0.2, 0.25) is 0 Å². The van der Waals surface area contributed by atoms with Crippen LogP contribution in [0.15, 0.2) is 18.6 Å². The second-order valence-electron chi connectivity index (χ2n) is 2.37. The van der Waals surface area contributed by atoms with E-state index in [1.54, 1.807) is 6.92 Å². The van der Waals surface area contributed by atoms with Crippen molar-refractivity contribution in [2.75, 3.05) is 5.32 Å². The van der Waals surface area contributed by atoms with E-state index < -0.39 is 6.04 Å². The third kappa shape index (κ3) is 2.28. The van der Waals surface area contributed by atoms with E-state index >= 15 is 0 Å². The van der Waals surface area contributed by atoms with Gasteiger partial charge in [0.2, 0.25) is 5.91 Å². The van der Waals surface area contributed by atoms with Gasteiger partial charge in [-0.05, 0) is 6.92 Å². The summed E-state index contributed by atoms with van der Waals surface area (Å²) in [7, 11) is 0. The average Bonchev–Trinajstić information content (AvgIpc) is 2.06. The lowest BCUT2D eigenvalue weighted by atomic mass is 10.3. The second-order valence-corrected chi connectivity index (χ2v) is 2.37. The van der Waals surface area contributed by atoms with Crippen LogP contribution in [0, 0.1) is 0 Å². The third-order valence-electron chi connectivity index (χ3n) is 1.23. The predicted molar refractivity (Wildman–Crippen MR) is 44.3 cm³/mol. The van der Waals surface area contributed by atoms with Gasteiger partial charge in [0.1, 0.15) is 0 Å². The molecule has 0 aromatic carbocycles. The van der Waals surface area contributed by atoms with Gasteiger partial charge < -0.3 is 11.1 Å². The molecule has 0 radical (unpaired) electrons. The Hall–Kier alpha value is -1.49. The number of hydrogen-bond donors (Lipinski definition) is 2. The Morgan fingerprint density at radius 3 is 2.92 bits per heavy atom. The number of nitrogens with two attached hydrogens (primary N) is 1. The molecule has 1 amide bonds. The smallest absolute Gasteiger partial charge is 0.242 e. The van der Waals surface area contributed by atoms with Crippen LogP contribution in [0.5, 0.6) is 0 Å². The van der Waals surface area contributed by atoms with Gasteiger partial charge in [-0.25, -0.2) is 4.98 Å². The first-order valence-electron chi connectivity index (χ1n) is 3.52. The minimum absolute atomic E-state index is 0.268. The number of nitrogens with zero attached hydrogens (tertiary/aromatic N) is 2. The summed E-state index contributed by atoms with van der Waals surface area (Å²) in [6, 6.07) is -0.535. The first-order chi connectivity index (χ1) is 5.70. The Labute approximate surface area is 70.0 Å². The fourth-order valence-electron chi connectivity index (χ4n) is 0.604. The second kappa shape index (κ2) is 3.77. The monoisotopic (exact) mass is 166 g/mol. The van der Waals surface area contributed by atoms with E-state index in [0.29, 0.717) is 5.82 Å². The summed E-state index contributed by atoms with van der Waals surface area (Å²) >= 11 is 0. The maximum atomic E-state index is 11.0. The van der Waals surface area contributed by atoms with E-state index in [4.69, 9.17) is 5.73 Å². The largest absolute Gasteiger partial charge is 0.320 e. The minimum atomic E-state index is -0.535. The molecule has 1 aromatic rings. The Balaban J connectivity index is 2.59. The SMILES string of the molecule is C[C@@H](N)C(=O)Nc1cnccn1. The molecule has 1 rings (SSSR count). The van der Waals surface area contributed by atoms with Crippen LogP contribution in [0.3, 0.4) is 0 Å². The molecule has 3 N–H and O–H groups in total. The summed E-state index contributed by atoms with van der Waals surface area (Å²) < 4.78 is 0. The molecule has 0 unspecified atom stereocenters. The number of nitrogens with one attached hydrogen (secondary N) is 1. The number of carbonyl (C=O) groups is 1. The fourth-order valence-corrected chi connectivity index (χ4v) is 0.604. The highest BCUT2D eigenvalue weighted by Crippen LogP contribution is 1.96. The first kappa shape index (κ1) is 8.61. The number of rotatable bonds is 2. The fraction of sp³-hybridized carbons (Fsp3) is 0.286. The number of anilines is 1. The molecule has 12 heavy (non-hydrogen) atoms. The minimum Gasteiger partial charge on any atom is -0.320 e. The molecule has 0 bridgehead atoms. The molecular formula is C7H10N4O. The van der Waals surface area contributed by atoms with Crippen LogP contribution in [0.1, 0.15) is 6.92 Å². The van der Waals surface area contributed by atoms with E-state index in [1.807, 2.05) is 0 Å². The predicted octanol–water partition coefficient (Wildman–Crippen LogP) is -0.238. The van der Waals surface area contributed by atoms with Crippen molar-refractivity contribution >= 4 is 11.7 Å². The van der Waals surface area contributed by atoms with Gasteiger partial charge in [0.15, 0.2) is 5.82 Å². The van der Waals surface area contributed by atoms with Crippen molar-refractivity contribution in [1.29, 1.82) is 0 Å². The van der Waals surface area contributed by atoms with Crippen LogP contribution in [-0.4, -0.2) is 21.9 Å². The Morgan fingerprint density at radius 1 is 1.67 bits per heavy atom. The van der Waals surface area contributed by atoms with Crippen LogP contribution in [0.25, 0.3) is 0 Å². The van der Waals surface area contributed by atoms with Crippen molar-refractivity contribution in [3.05, 3.63) is 18.6 Å². The van der Waals surface area contributed by atoms with Gasteiger partial charge in [-0.3, -0.25) is 9.78 Å². The van der Waals surface area contributed by atoms with Gasteiger partial charge in [0.05, 0.1) is 12.2 Å². The molecule has 0 aliphatic carbocycles. The molecule has 5 nitrogen and oxygen atoms in total. The van der Waals surface area contributed by atoms with Gasteiger partial charge in [0.25, 0.3) is 0 Å². The maximum absolute atomic E-state index is 11.0. The molecule has 1 aromatic heterocycles. The summed E-state index contributed by atoms with van der Waals surface area (Å²) in [5.41, 5.74) is 5.32. The number of hydrogen-bond acceptors (Lipinski definition) is 4. The van der Waals surface area contributed by atoms with Crippen LogP contribution < -0.4 is 11.1 Å². The van der Waals surface area contributed by atoms with Gasteiger partial charge in [-0.1, -0.05) is 0 Å². The standard InChI is InChI=1S/C7H10N4O/c1-5(8)7(12)11-6-4-9-2-3-10-6/h2-5H,8H2,1H3,(H,10,11,12)/t5-/m1/s1. The van der Waals surface area contributed by atoms with Crippen molar-refractivity contribution < 1.29 is 4.79 Å². The third-order valence-corrected chi connectivity index (χ3v) is 1.23. The van der Waals surface area contributed by atoms with Crippen LogP contribution in [-0.2, 0) is 4.79 Å². The van der Waals surface area contributed by atoms with E-state index in [9.17, 15) is 4.79 Å². The summed E-state index contributed by atoms with van der Waals surface area (Å²) in [6.45, 7) is 1.60. The van der Waals surface area contributed by atoms with Crippen molar-refractivity contribution in [3.8, 4) is 0 Å². The molecule has 0 aliphatic heterocycles. The van der Waals surface area contributed by atoms with E-state index in [0.717, 1.165) is 0 Å². The van der Waals surface area contributed by atoms with Crippen molar-refractivity contribution in [3.63, 3.8) is 0 Å². The maximum Gasteiger partial charge on any atom is 0.242 e. The van der Waals surface area contributed by atoms with Crippen molar-refractivity contribution in [2.24, 2.45) is 5.73 Å². The van der Waals surface area contributed by atoms with E-state index in [1.165, 1.54) is 18.6 Å².